The Morgan fingerprint density at radius 3 is 2.83 bits per heavy atom. The molecular weight excluding hydrogens is 155 g/mol. The summed E-state index contributed by atoms with van der Waals surface area (Å²) in [6, 6.07) is 4.77. The van der Waals surface area contributed by atoms with Crippen molar-refractivity contribution in [3.63, 3.8) is 0 Å². The summed E-state index contributed by atoms with van der Waals surface area (Å²) in [5.74, 6) is 4.63. The third-order valence-corrected chi connectivity index (χ3v) is 1.51. The van der Waals surface area contributed by atoms with E-state index < -0.39 is 0 Å². The minimum Gasteiger partial charge on any atom is -0.384 e. The van der Waals surface area contributed by atoms with Gasteiger partial charge in [0.2, 0.25) is 0 Å². The van der Waals surface area contributed by atoms with Crippen molar-refractivity contribution in [3.05, 3.63) is 35.1 Å². The Hall–Kier alpha value is -1.33. The van der Waals surface area contributed by atoms with E-state index in [-0.39, 0.29) is 12.4 Å². The first-order valence-electron chi connectivity index (χ1n) is 3.60. The van der Waals surface area contributed by atoms with Gasteiger partial charge in [-0.05, 0) is 18.6 Å². The standard InChI is InChI=1S/C10H9FO/c1-8-4-2-6-10(11)9(8)5-3-7-12/h2,4,6,12H,7H2,1H3. The lowest BCUT2D eigenvalue weighted by Crippen LogP contribution is -1.87. The van der Waals surface area contributed by atoms with Crippen LogP contribution in [0.1, 0.15) is 11.1 Å². The van der Waals surface area contributed by atoms with E-state index in [0.29, 0.717) is 5.56 Å². The fraction of sp³-hybridized carbons (Fsp3) is 0.200. The molecule has 0 saturated heterocycles. The quantitative estimate of drug-likeness (QED) is 0.576. The van der Waals surface area contributed by atoms with E-state index in [1.807, 2.05) is 0 Å². The molecule has 1 N–H and O–H groups in total. The van der Waals surface area contributed by atoms with Crippen molar-refractivity contribution in [1.82, 2.24) is 0 Å². The van der Waals surface area contributed by atoms with Gasteiger partial charge in [0.1, 0.15) is 12.4 Å². The second-order valence-electron chi connectivity index (χ2n) is 2.39. The molecule has 0 amide bonds. The van der Waals surface area contributed by atoms with E-state index in [2.05, 4.69) is 11.8 Å². The van der Waals surface area contributed by atoms with E-state index in [1.165, 1.54) is 6.07 Å². The summed E-state index contributed by atoms with van der Waals surface area (Å²) in [6.07, 6.45) is 0. The van der Waals surface area contributed by atoms with Crippen LogP contribution in [-0.2, 0) is 0 Å². The number of hydrogen-bond acceptors (Lipinski definition) is 1. The molecule has 0 aromatic heterocycles. The van der Waals surface area contributed by atoms with Crippen LogP contribution in [0.15, 0.2) is 18.2 Å². The fourth-order valence-electron chi connectivity index (χ4n) is 0.918. The summed E-state index contributed by atoms with van der Waals surface area (Å²) in [5.41, 5.74) is 1.16. The average Bonchev–Trinajstić information content (AvgIpc) is 2.04. The van der Waals surface area contributed by atoms with Gasteiger partial charge < -0.3 is 5.11 Å². The zero-order valence-electron chi connectivity index (χ0n) is 6.76. The molecule has 2 heteroatoms. The Balaban J connectivity index is 3.13. The molecule has 0 aliphatic rings. The van der Waals surface area contributed by atoms with Gasteiger partial charge in [-0.2, -0.15) is 0 Å². The molecule has 0 spiro atoms. The predicted molar refractivity (Wildman–Crippen MR) is 45.1 cm³/mol. The number of benzene rings is 1. The van der Waals surface area contributed by atoms with Crippen LogP contribution in [0.5, 0.6) is 0 Å². The molecular formula is C10H9FO. The molecule has 1 nitrogen and oxygen atoms in total. The summed E-state index contributed by atoms with van der Waals surface area (Å²) in [6.45, 7) is 1.54. The number of halogens is 1. The summed E-state index contributed by atoms with van der Waals surface area (Å²) in [4.78, 5) is 0. The van der Waals surface area contributed by atoms with Crippen molar-refractivity contribution in [2.24, 2.45) is 0 Å². The van der Waals surface area contributed by atoms with Crippen LogP contribution in [-0.4, -0.2) is 11.7 Å². The van der Waals surface area contributed by atoms with Crippen molar-refractivity contribution in [2.45, 2.75) is 6.92 Å². The summed E-state index contributed by atoms with van der Waals surface area (Å²) < 4.78 is 13.0. The summed E-state index contributed by atoms with van der Waals surface area (Å²) in [7, 11) is 0. The molecule has 1 aromatic rings. The predicted octanol–water partition coefficient (Wildman–Crippen LogP) is 1.48. The molecule has 1 rings (SSSR count). The van der Waals surface area contributed by atoms with Gasteiger partial charge in [0.05, 0.1) is 5.56 Å². The Kier molecular flexibility index (Phi) is 2.84. The highest BCUT2D eigenvalue weighted by Gasteiger charge is 1.99. The largest absolute Gasteiger partial charge is 0.384 e. The lowest BCUT2D eigenvalue weighted by atomic mass is 10.1. The second-order valence-corrected chi connectivity index (χ2v) is 2.39. The molecule has 0 aliphatic carbocycles. The van der Waals surface area contributed by atoms with Crippen LogP contribution < -0.4 is 0 Å². The number of aliphatic hydroxyl groups is 1. The average molecular weight is 164 g/mol. The van der Waals surface area contributed by atoms with Gasteiger partial charge in [-0.3, -0.25) is 0 Å². The van der Waals surface area contributed by atoms with Crippen molar-refractivity contribution in [2.75, 3.05) is 6.61 Å². The Labute approximate surface area is 70.9 Å². The van der Waals surface area contributed by atoms with Gasteiger partial charge >= 0.3 is 0 Å². The number of hydrogen-bond donors (Lipinski definition) is 1. The minimum atomic E-state index is -0.337. The van der Waals surface area contributed by atoms with Crippen molar-refractivity contribution in [3.8, 4) is 11.8 Å². The van der Waals surface area contributed by atoms with Crippen molar-refractivity contribution >= 4 is 0 Å². The maximum absolute atomic E-state index is 13.0. The molecule has 0 fully saturated rings. The van der Waals surface area contributed by atoms with Gasteiger partial charge in [-0.15, -0.1) is 0 Å². The summed E-state index contributed by atoms with van der Waals surface area (Å²) in [5, 5.41) is 8.41. The van der Waals surface area contributed by atoms with Crippen molar-refractivity contribution < 1.29 is 9.50 Å². The Bertz CT molecular complexity index is 313. The fourth-order valence-corrected chi connectivity index (χ4v) is 0.918. The SMILES string of the molecule is Cc1cccc(F)c1C#CCO. The Morgan fingerprint density at radius 1 is 1.50 bits per heavy atom. The van der Waals surface area contributed by atoms with Crippen LogP contribution >= 0.6 is 0 Å². The molecule has 0 atom stereocenters. The van der Waals surface area contributed by atoms with E-state index in [4.69, 9.17) is 5.11 Å². The first-order chi connectivity index (χ1) is 5.75. The highest BCUT2D eigenvalue weighted by atomic mass is 19.1. The zero-order valence-corrected chi connectivity index (χ0v) is 6.76. The summed E-state index contributed by atoms with van der Waals surface area (Å²) >= 11 is 0. The van der Waals surface area contributed by atoms with Crippen LogP contribution in [0.25, 0.3) is 0 Å². The van der Waals surface area contributed by atoms with Gasteiger partial charge in [0.15, 0.2) is 0 Å². The van der Waals surface area contributed by atoms with E-state index in [9.17, 15) is 4.39 Å². The normalized spacial score (nSPS) is 8.92. The number of aryl methyl sites for hydroxylation is 1. The maximum Gasteiger partial charge on any atom is 0.139 e. The highest BCUT2D eigenvalue weighted by Crippen LogP contribution is 2.10. The molecule has 0 radical (unpaired) electrons. The molecule has 1 aromatic carbocycles. The molecule has 62 valence electrons. The van der Waals surface area contributed by atoms with Crippen LogP contribution in [0.4, 0.5) is 4.39 Å². The minimum absolute atomic E-state index is 0.242. The zero-order chi connectivity index (χ0) is 8.97. The van der Waals surface area contributed by atoms with Crippen LogP contribution in [0.2, 0.25) is 0 Å². The van der Waals surface area contributed by atoms with Crippen LogP contribution in [0, 0.1) is 24.6 Å². The molecule has 0 saturated carbocycles. The topological polar surface area (TPSA) is 20.2 Å². The first-order valence-corrected chi connectivity index (χ1v) is 3.60. The van der Waals surface area contributed by atoms with Gasteiger partial charge in [-0.25, -0.2) is 4.39 Å². The van der Waals surface area contributed by atoms with Gasteiger partial charge in [-0.1, -0.05) is 24.0 Å². The third-order valence-electron chi connectivity index (χ3n) is 1.51. The second kappa shape index (κ2) is 3.89. The first kappa shape index (κ1) is 8.76. The van der Waals surface area contributed by atoms with E-state index >= 15 is 0 Å². The molecule has 0 bridgehead atoms. The smallest absolute Gasteiger partial charge is 0.139 e. The highest BCUT2D eigenvalue weighted by molar-refractivity contribution is 5.41. The molecule has 0 heterocycles. The molecule has 0 unspecified atom stereocenters. The lowest BCUT2D eigenvalue weighted by Gasteiger charge is -1.97. The van der Waals surface area contributed by atoms with Crippen LogP contribution in [0.3, 0.4) is 0 Å². The van der Waals surface area contributed by atoms with E-state index in [0.717, 1.165) is 5.56 Å². The van der Waals surface area contributed by atoms with Gasteiger partial charge in [0.25, 0.3) is 0 Å². The number of aliphatic hydroxyl groups excluding tert-OH is 1. The van der Waals surface area contributed by atoms with Crippen molar-refractivity contribution in [1.29, 1.82) is 0 Å². The van der Waals surface area contributed by atoms with Gasteiger partial charge in [0, 0.05) is 0 Å². The third kappa shape index (κ3) is 1.84. The van der Waals surface area contributed by atoms with E-state index in [1.54, 1.807) is 19.1 Å². The lowest BCUT2D eigenvalue weighted by molar-refractivity contribution is 0.350. The molecule has 12 heavy (non-hydrogen) atoms. The maximum atomic E-state index is 13.0. The number of rotatable bonds is 0. The monoisotopic (exact) mass is 164 g/mol. The molecule has 0 aliphatic heterocycles. The Morgan fingerprint density at radius 2 is 2.25 bits per heavy atom.